The summed E-state index contributed by atoms with van der Waals surface area (Å²) in [6.07, 6.45) is 3.57. The maximum Gasteiger partial charge on any atom is 0.132 e. The number of phenolic OH excluding ortho intramolecular Hbond substituents is 2. The molecule has 0 aromatic heterocycles. The van der Waals surface area contributed by atoms with Crippen molar-refractivity contribution in [2.75, 3.05) is 0 Å². The van der Waals surface area contributed by atoms with Gasteiger partial charge in [0.1, 0.15) is 11.5 Å². The molecule has 0 saturated carbocycles. The second kappa shape index (κ2) is 16.3. The third-order valence-corrected chi connectivity index (χ3v) is 12.2. The Morgan fingerprint density at radius 1 is 0.355 bits per heavy atom. The predicted octanol–water partition coefficient (Wildman–Crippen LogP) is 14.7. The van der Waals surface area contributed by atoms with E-state index in [4.69, 9.17) is 9.98 Å². The van der Waals surface area contributed by atoms with Crippen molar-refractivity contribution in [2.24, 2.45) is 9.98 Å². The summed E-state index contributed by atoms with van der Waals surface area (Å²) in [5.41, 5.74) is 9.05. The van der Waals surface area contributed by atoms with E-state index >= 15 is 0 Å². The smallest absolute Gasteiger partial charge is 0.132 e. The summed E-state index contributed by atoms with van der Waals surface area (Å²) >= 11 is 0. The van der Waals surface area contributed by atoms with Crippen LogP contribution in [0.3, 0.4) is 0 Å². The number of aliphatic imine (C=N–C) groups is 2. The van der Waals surface area contributed by atoms with Crippen LogP contribution in [0.4, 0.5) is 0 Å². The van der Waals surface area contributed by atoms with E-state index in [1.165, 1.54) is 0 Å². The number of hydrogen-bond acceptors (Lipinski definition) is 4. The van der Waals surface area contributed by atoms with Crippen LogP contribution in [0.25, 0.3) is 87.6 Å². The lowest BCUT2D eigenvalue weighted by molar-refractivity contribution is 0.476. The first-order valence-corrected chi connectivity index (χ1v) is 21.2. The van der Waals surface area contributed by atoms with Gasteiger partial charge in [0.2, 0.25) is 0 Å². The first kappa shape index (κ1) is 38.4. The van der Waals surface area contributed by atoms with Gasteiger partial charge in [-0.15, -0.1) is 0 Å². The van der Waals surface area contributed by atoms with Gasteiger partial charge in [-0.05, 0) is 91.3 Å². The van der Waals surface area contributed by atoms with Crippen LogP contribution in [0.1, 0.15) is 25.0 Å². The number of hydrogen-bond donors (Lipinski definition) is 2. The van der Waals surface area contributed by atoms with E-state index in [1.54, 1.807) is 12.4 Å². The molecule has 0 fully saturated rings. The SMILES string of the molecule is C[C@H](N=Cc1cc2ccccc2c(-c2c(-c3ccccc3)ccc3ccccc23)c1O)[C@H](C)N=Cc1cc2ccccc2c(-c2c(-c3ccccc3)ccc3ccccc23)c1O. The Balaban J connectivity index is 1.04. The molecule has 0 aliphatic rings. The molecule has 4 heteroatoms. The number of aromatic hydroxyl groups is 2. The van der Waals surface area contributed by atoms with E-state index in [-0.39, 0.29) is 23.6 Å². The molecule has 0 amide bonds. The standard InChI is InChI=1S/C58H44N2O2/c1-37(59-35-45-33-43-23-11-15-27-49(43)55(57(45)61)53-47-25-13-9-21-41(47)29-31-51(53)39-17-5-3-6-18-39)38(2)60-36-46-34-44-24-12-16-28-50(44)56(58(46)62)54-48-26-14-10-22-42(48)30-32-52(54)40-19-7-4-8-20-40/h3-38,61-62H,1-2H3/t37-,38-/m0/s1. The van der Waals surface area contributed by atoms with Gasteiger partial charge < -0.3 is 10.2 Å². The van der Waals surface area contributed by atoms with Gasteiger partial charge in [-0.3, -0.25) is 9.98 Å². The van der Waals surface area contributed by atoms with Crippen LogP contribution in [-0.4, -0.2) is 34.7 Å². The van der Waals surface area contributed by atoms with Gasteiger partial charge in [-0.25, -0.2) is 0 Å². The van der Waals surface area contributed by atoms with Crippen LogP contribution < -0.4 is 0 Å². The van der Waals surface area contributed by atoms with Crippen LogP contribution in [0.5, 0.6) is 11.5 Å². The number of rotatable bonds is 9. The van der Waals surface area contributed by atoms with Crippen molar-refractivity contribution in [3.8, 4) is 56.0 Å². The summed E-state index contributed by atoms with van der Waals surface area (Å²) in [7, 11) is 0. The third kappa shape index (κ3) is 6.96. The maximum atomic E-state index is 12.3. The second-order valence-electron chi connectivity index (χ2n) is 16.0. The van der Waals surface area contributed by atoms with Crippen LogP contribution >= 0.6 is 0 Å². The molecule has 0 heterocycles. The molecule has 4 nitrogen and oxygen atoms in total. The van der Waals surface area contributed by atoms with Crippen LogP contribution in [0.2, 0.25) is 0 Å². The Hall–Kier alpha value is -7.82. The molecule has 10 rings (SSSR count). The fraction of sp³-hybridized carbons (Fsp3) is 0.0690. The molecule has 0 saturated heterocycles. The molecule has 10 aromatic rings. The fourth-order valence-electron chi connectivity index (χ4n) is 8.86. The number of nitrogens with zero attached hydrogens (tertiary/aromatic N) is 2. The van der Waals surface area contributed by atoms with Gasteiger partial charge >= 0.3 is 0 Å². The molecule has 0 bridgehead atoms. The van der Waals surface area contributed by atoms with Gasteiger partial charge in [-0.1, -0.05) is 182 Å². The first-order valence-electron chi connectivity index (χ1n) is 21.2. The monoisotopic (exact) mass is 800 g/mol. The zero-order valence-electron chi connectivity index (χ0n) is 34.6. The van der Waals surface area contributed by atoms with E-state index in [0.717, 1.165) is 87.6 Å². The quantitative estimate of drug-likeness (QED) is 0.143. The summed E-state index contributed by atoms with van der Waals surface area (Å²) in [5, 5.41) is 32.9. The van der Waals surface area contributed by atoms with E-state index in [0.29, 0.717) is 11.1 Å². The molecular weight excluding hydrogens is 757 g/mol. The normalized spacial score (nSPS) is 12.9. The minimum atomic E-state index is -0.247. The number of benzene rings is 10. The van der Waals surface area contributed by atoms with Crippen LogP contribution in [0.15, 0.2) is 204 Å². The highest BCUT2D eigenvalue weighted by Gasteiger charge is 2.22. The molecule has 0 aliphatic carbocycles. The van der Waals surface area contributed by atoms with Crippen molar-refractivity contribution in [3.05, 3.63) is 205 Å². The van der Waals surface area contributed by atoms with Crippen molar-refractivity contribution in [2.45, 2.75) is 25.9 Å². The lowest BCUT2D eigenvalue weighted by Gasteiger charge is -2.19. The van der Waals surface area contributed by atoms with Crippen molar-refractivity contribution in [1.82, 2.24) is 0 Å². The third-order valence-electron chi connectivity index (χ3n) is 12.2. The zero-order chi connectivity index (χ0) is 42.2. The summed E-state index contributed by atoms with van der Waals surface area (Å²) in [5.74, 6) is 0.363. The van der Waals surface area contributed by atoms with Crippen LogP contribution in [0, 0.1) is 0 Å². The van der Waals surface area contributed by atoms with Crippen molar-refractivity contribution >= 4 is 55.5 Å². The largest absolute Gasteiger partial charge is 0.507 e. The van der Waals surface area contributed by atoms with Crippen molar-refractivity contribution < 1.29 is 10.2 Å². The molecule has 298 valence electrons. The summed E-state index contributed by atoms with van der Waals surface area (Å²) in [6.45, 7) is 4.06. The van der Waals surface area contributed by atoms with E-state index in [9.17, 15) is 10.2 Å². The molecule has 0 aliphatic heterocycles. The minimum Gasteiger partial charge on any atom is -0.507 e. The van der Waals surface area contributed by atoms with Gasteiger partial charge in [0.15, 0.2) is 0 Å². The highest BCUT2D eigenvalue weighted by atomic mass is 16.3. The van der Waals surface area contributed by atoms with E-state index < -0.39 is 0 Å². The van der Waals surface area contributed by atoms with E-state index in [1.807, 2.05) is 98.8 Å². The minimum absolute atomic E-state index is 0.182. The average molecular weight is 801 g/mol. The Kier molecular flexibility index (Phi) is 10.1. The van der Waals surface area contributed by atoms with E-state index in [2.05, 4.69) is 109 Å². The molecular formula is C58H44N2O2. The van der Waals surface area contributed by atoms with Crippen LogP contribution in [-0.2, 0) is 0 Å². The second-order valence-corrected chi connectivity index (χ2v) is 16.0. The predicted molar refractivity (Wildman–Crippen MR) is 262 cm³/mol. The highest BCUT2D eigenvalue weighted by Crippen LogP contribution is 2.48. The fourth-order valence-corrected chi connectivity index (χ4v) is 8.86. The Morgan fingerprint density at radius 3 is 1.06 bits per heavy atom. The summed E-state index contributed by atoms with van der Waals surface area (Å²) < 4.78 is 0. The molecule has 0 unspecified atom stereocenters. The van der Waals surface area contributed by atoms with Gasteiger partial charge in [0, 0.05) is 45.8 Å². The van der Waals surface area contributed by atoms with Gasteiger partial charge in [-0.2, -0.15) is 0 Å². The zero-order valence-corrected chi connectivity index (χ0v) is 34.6. The topological polar surface area (TPSA) is 65.2 Å². The molecule has 0 radical (unpaired) electrons. The average Bonchev–Trinajstić information content (AvgIpc) is 3.32. The lowest BCUT2D eigenvalue weighted by atomic mass is 9.86. The Labute approximate surface area is 361 Å². The van der Waals surface area contributed by atoms with Crippen molar-refractivity contribution in [1.29, 1.82) is 0 Å². The van der Waals surface area contributed by atoms with Gasteiger partial charge in [0.25, 0.3) is 0 Å². The van der Waals surface area contributed by atoms with Crippen molar-refractivity contribution in [3.63, 3.8) is 0 Å². The lowest BCUT2D eigenvalue weighted by Crippen LogP contribution is -2.16. The number of fused-ring (bicyclic) bond motifs is 4. The highest BCUT2D eigenvalue weighted by molar-refractivity contribution is 6.16. The molecule has 2 N–H and O–H groups in total. The first-order chi connectivity index (χ1) is 30.4. The summed E-state index contributed by atoms with van der Waals surface area (Å²) in [4.78, 5) is 10.0. The molecule has 62 heavy (non-hydrogen) atoms. The number of phenols is 2. The maximum absolute atomic E-state index is 12.3. The molecule has 10 aromatic carbocycles. The van der Waals surface area contributed by atoms with Gasteiger partial charge in [0.05, 0.1) is 12.1 Å². The Morgan fingerprint density at radius 2 is 0.677 bits per heavy atom. The molecule has 0 spiro atoms. The summed E-state index contributed by atoms with van der Waals surface area (Å²) in [6, 6.07) is 66.0. The molecule has 2 atom stereocenters. The Bertz CT molecular complexity index is 3130.